The van der Waals surface area contributed by atoms with Gasteiger partial charge in [0, 0.05) is 17.3 Å². The molecule has 0 spiro atoms. The number of hydrogen-bond donors (Lipinski definition) is 2. The summed E-state index contributed by atoms with van der Waals surface area (Å²) in [5, 5.41) is 2.64. The van der Waals surface area contributed by atoms with Crippen LogP contribution in [0.5, 0.6) is 0 Å². The number of rotatable bonds is 3. The first-order chi connectivity index (χ1) is 8.97. The molecule has 0 unspecified atom stereocenters. The van der Waals surface area contributed by atoms with Gasteiger partial charge < -0.3 is 11.1 Å². The highest BCUT2D eigenvalue weighted by atomic mass is 32.1. The Morgan fingerprint density at radius 1 is 1.00 bits per heavy atom. The lowest BCUT2D eigenvalue weighted by molar-refractivity contribution is 0.586. The van der Waals surface area contributed by atoms with Crippen molar-refractivity contribution in [1.29, 1.82) is 0 Å². The molecule has 0 saturated heterocycles. The van der Waals surface area contributed by atoms with Crippen molar-refractivity contribution in [2.45, 2.75) is 0 Å². The second-order valence-corrected chi connectivity index (χ2v) is 4.25. The monoisotopic (exact) mass is 282 g/mol. The molecule has 2 aromatic rings. The van der Waals surface area contributed by atoms with Gasteiger partial charge in [-0.25, -0.2) is 13.2 Å². The summed E-state index contributed by atoms with van der Waals surface area (Å²) in [6.07, 6.45) is 0. The standard InChI is InChI=1S/C13H9F3N2S/c14-7-1-4-12(11(16)5-7)18-8-2-3-9(13(17)19)10(15)6-8/h1-6,18H,(H2,17,19). The predicted octanol–water partition coefficient (Wildman–Crippen LogP) is 3.48. The minimum atomic E-state index is -0.765. The molecular weight excluding hydrogens is 273 g/mol. The Morgan fingerprint density at radius 2 is 1.74 bits per heavy atom. The van der Waals surface area contributed by atoms with Gasteiger partial charge in [0.1, 0.15) is 22.4 Å². The summed E-state index contributed by atoms with van der Waals surface area (Å²) in [6, 6.07) is 7.09. The average Bonchev–Trinajstić information content (AvgIpc) is 2.32. The SMILES string of the molecule is NC(=S)c1ccc(Nc2ccc(F)cc2F)cc1F. The van der Waals surface area contributed by atoms with E-state index in [1.165, 1.54) is 18.2 Å². The van der Waals surface area contributed by atoms with Crippen molar-refractivity contribution in [3.8, 4) is 0 Å². The molecule has 0 fully saturated rings. The molecule has 0 radical (unpaired) electrons. The molecule has 3 N–H and O–H groups in total. The van der Waals surface area contributed by atoms with E-state index in [-0.39, 0.29) is 16.2 Å². The first-order valence-electron chi connectivity index (χ1n) is 5.29. The Kier molecular flexibility index (Phi) is 3.71. The minimum absolute atomic E-state index is 0.0453. The maximum Gasteiger partial charge on any atom is 0.149 e. The molecule has 2 nitrogen and oxygen atoms in total. The van der Waals surface area contributed by atoms with E-state index in [0.29, 0.717) is 5.69 Å². The van der Waals surface area contributed by atoms with E-state index >= 15 is 0 Å². The van der Waals surface area contributed by atoms with E-state index in [9.17, 15) is 13.2 Å². The van der Waals surface area contributed by atoms with E-state index in [4.69, 9.17) is 5.73 Å². The van der Waals surface area contributed by atoms with Crippen LogP contribution in [0, 0.1) is 17.5 Å². The van der Waals surface area contributed by atoms with Crippen molar-refractivity contribution < 1.29 is 13.2 Å². The Hall–Kier alpha value is -2.08. The highest BCUT2D eigenvalue weighted by molar-refractivity contribution is 7.80. The van der Waals surface area contributed by atoms with Gasteiger partial charge in [-0.2, -0.15) is 0 Å². The Morgan fingerprint density at radius 3 is 2.32 bits per heavy atom. The van der Waals surface area contributed by atoms with Crippen molar-refractivity contribution in [2.24, 2.45) is 5.73 Å². The number of benzene rings is 2. The van der Waals surface area contributed by atoms with Crippen LogP contribution in [-0.4, -0.2) is 4.99 Å². The number of nitrogens with one attached hydrogen (secondary N) is 1. The quantitative estimate of drug-likeness (QED) is 0.846. The average molecular weight is 282 g/mol. The van der Waals surface area contributed by atoms with Gasteiger partial charge in [-0.1, -0.05) is 12.2 Å². The lowest BCUT2D eigenvalue weighted by Crippen LogP contribution is -2.11. The van der Waals surface area contributed by atoms with E-state index in [0.717, 1.165) is 18.2 Å². The maximum atomic E-state index is 13.6. The van der Waals surface area contributed by atoms with Gasteiger partial charge in [0.05, 0.1) is 5.69 Å². The van der Waals surface area contributed by atoms with Gasteiger partial charge in [0.15, 0.2) is 0 Å². The fourth-order valence-electron chi connectivity index (χ4n) is 1.54. The smallest absolute Gasteiger partial charge is 0.149 e. The summed E-state index contributed by atoms with van der Waals surface area (Å²) < 4.78 is 39.8. The summed E-state index contributed by atoms with van der Waals surface area (Å²) >= 11 is 4.67. The van der Waals surface area contributed by atoms with E-state index in [1.54, 1.807) is 0 Å². The molecule has 0 saturated carbocycles. The van der Waals surface area contributed by atoms with E-state index in [2.05, 4.69) is 17.5 Å². The third-order valence-electron chi connectivity index (χ3n) is 2.44. The van der Waals surface area contributed by atoms with Crippen LogP contribution in [0.1, 0.15) is 5.56 Å². The second-order valence-electron chi connectivity index (χ2n) is 3.81. The lowest BCUT2D eigenvalue weighted by Gasteiger charge is -2.09. The Bertz CT molecular complexity index is 644. The number of thiocarbonyl (C=S) groups is 1. The maximum absolute atomic E-state index is 13.6. The molecule has 0 atom stereocenters. The van der Waals surface area contributed by atoms with Gasteiger partial charge in [-0.05, 0) is 30.3 Å². The molecule has 2 aromatic carbocycles. The van der Waals surface area contributed by atoms with Gasteiger partial charge in [0.2, 0.25) is 0 Å². The zero-order valence-electron chi connectivity index (χ0n) is 9.58. The number of halogens is 3. The Balaban J connectivity index is 2.29. The van der Waals surface area contributed by atoms with Crippen molar-refractivity contribution >= 4 is 28.6 Å². The molecule has 6 heteroatoms. The first kappa shape index (κ1) is 13.4. The van der Waals surface area contributed by atoms with Gasteiger partial charge in [-0.15, -0.1) is 0 Å². The summed E-state index contributed by atoms with van der Waals surface area (Å²) in [6.45, 7) is 0. The van der Waals surface area contributed by atoms with Crippen LogP contribution in [0.4, 0.5) is 24.5 Å². The van der Waals surface area contributed by atoms with Gasteiger partial charge in [-0.3, -0.25) is 0 Å². The van der Waals surface area contributed by atoms with Crippen LogP contribution < -0.4 is 11.1 Å². The molecule has 0 aromatic heterocycles. The third-order valence-corrected chi connectivity index (χ3v) is 2.66. The first-order valence-corrected chi connectivity index (χ1v) is 5.69. The molecule has 0 amide bonds. The topological polar surface area (TPSA) is 38.0 Å². The number of nitrogens with two attached hydrogens (primary N) is 1. The highest BCUT2D eigenvalue weighted by Gasteiger charge is 2.08. The fraction of sp³-hybridized carbons (Fsp3) is 0. The number of hydrogen-bond acceptors (Lipinski definition) is 2. The van der Waals surface area contributed by atoms with Crippen molar-refractivity contribution in [2.75, 3.05) is 5.32 Å². The van der Waals surface area contributed by atoms with E-state index < -0.39 is 17.5 Å². The van der Waals surface area contributed by atoms with Crippen LogP contribution >= 0.6 is 12.2 Å². The normalized spacial score (nSPS) is 10.3. The van der Waals surface area contributed by atoms with Crippen LogP contribution in [0.2, 0.25) is 0 Å². The van der Waals surface area contributed by atoms with Crippen LogP contribution in [0.15, 0.2) is 36.4 Å². The largest absolute Gasteiger partial charge is 0.389 e. The minimum Gasteiger partial charge on any atom is -0.389 e. The molecule has 98 valence electrons. The molecule has 0 aliphatic rings. The van der Waals surface area contributed by atoms with E-state index in [1.807, 2.05) is 0 Å². The highest BCUT2D eigenvalue weighted by Crippen LogP contribution is 2.22. The molecule has 0 aliphatic heterocycles. The second kappa shape index (κ2) is 5.27. The zero-order chi connectivity index (χ0) is 14.0. The van der Waals surface area contributed by atoms with Crippen molar-refractivity contribution in [1.82, 2.24) is 0 Å². The number of anilines is 2. The summed E-state index contributed by atoms with van der Waals surface area (Å²) in [5.41, 5.74) is 5.79. The van der Waals surface area contributed by atoms with Gasteiger partial charge in [0.25, 0.3) is 0 Å². The predicted molar refractivity (Wildman–Crippen MR) is 71.9 cm³/mol. The molecule has 0 aliphatic carbocycles. The lowest BCUT2D eigenvalue weighted by atomic mass is 10.2. The zero-order valence-corrected chi connectivity index (χ0v) is 10.4. The third kappa shape index (κ3) is 3.03. The van der Waals surface area contributed by atoms with Crippen LogP contribution in [-0.2, 0) is 0 Å². The molecule has 0 bridgehead atoms. The van der Waals surface area contributed by atoms with Crippen molar-refractivity contribution in [3.63, 3.8) is 0 Å². The van der Waals surface area contributed by atoms with Crippen LogP contribution in [0.25, 0.3) is 0 Å². The van der Waals surface area contributed by atoms with Crippen LogP contribution in [0.3, 0.4) is 0 Å². The summed E-state index contributed by atoms with van der Waals surface area (Å²) in [4.78, 5) is -0.0583. The fourth-order valence-corrected chi connectivity index (χ4v) is 1.70. The van der Waals surface area contributed by atoms with Crippen molar-refractivity contribution in [3.05, 3.63) is 59.4 Å². The molecular formula is C13H9F3N2S. The Labute approximate surface area is 113 Å². The summed E-state index contributed by atoms with van der Waals surface area (Å²) in [5.74, 6) is -2.06. The molecule has 2 rings (SSSR count). The summed E-state index contributed by atoms with van der Waals surface area (Å²) in [7, 11) is 0. The van der Waals surface area contributed by atoms with Gasteiger partial charge >= 0.3 is 0 Å². The molecule has 0 heterocycles. The molecule has 19 heavy (non-hydrogen) atoms.